The van der Waals surface area contributed by atoms with Crippen molar-refractivity contribution in [2.45, 2.75) is 19.3 Å². The lowest BCUT2D eigenvalue weighted by Crippen LogP contribution is -2.09. The van der Waals surface area contributed by atoms with Gasteiger partial charge < -0.3 is 20.6 Å². The van der Waals surface area contributed by atoms with E-state index in [-0.39, 0.29) is 13.2 Å². The third-order valence-corrected chi connectivity index (χ3v) is 1.55. The minimum Gasteiger partial charge on any atom is -0.396 e. The van der Waals surface area contributed by atoms with E-state index in [4.69, 9.17) is 10.5 Å². The van der Waals surface area contributed by atoms with E-state index in [1.54, 1.807) is 6.20 Å². The molecule has 0 amide bonds. The molecule has 0 rings (SSSR count). The SMILES string of the molecule is N=C/C(=C\NCC=O)CCCCO. The second-order valence-electron chi connectivity index (χ2n) is 2.62. The highest BCUT2D eigenvalue weighted by Crippen LogP contribution is 2.03. The summed E-state index contributed by atoms with van der Waals surface area (Å²) in [6.45, 7) is 0.463. The topological polar surface area (TPSA) is 73.2 Å². The third kappa shape index (κ3) is 7.21. The van der Waals surface area contributed by atoms with Crippen LogP contribution in [0.5, 0.6) is 0 Å². The monoisotopic (exact) mass is 184 g/mol. The minimum atomic E-state index is 0.188. The zero-order valence-corrected chi connectivity index (χ0v) is 7.62. The first-order chi connectivity index (χ1) is 6.35. The Labute approximate surface area is 78.2 Å². The maximum absolute atomic E-state index is 9.95. The molecular weight excluding hydrogens is 168 g/mol. The van der Waals surface area contributed by atoms with Gasteiger partial charge in [0.15, 0.2) is 0 Å². The molecule has 13 heavy (non-hydrogen) atoms. The molecule has 0 saturated carbocycles. The van der Waals surface area contributed by atoms with Crippen molar-refractivity contribution in [3.63, 3.8) is 0 Å². The molecule has 4 heteroatoms. The summed E-state index contributed by atoms with van der Waals surface area (Å²) in [7, 11) is 0. The quantitative estimate of drug-likeness (QED) is 0.292. The first-order valence-electron chi connectivity index (χ1n) is 4.32. The van der Waals surface area contributed by atoms with Crippen LogP contribution in [0.15, 0.2) is 11.8 Å². The van der Waals surface area contributed by atoms with Crippen LogP contribution in [0.4, 0.5) is 0 Å². The average Bonchev–Trinajstić information content (AvgIpc) is 2.16. The van der Waals surface area contributed by atoms with Crippen molar-refractivity contribution in [1.29, 1.82) is 5.41 Å². The molecule has 0 aromatic heterocycles. The number of allylic oxidation sites excluding steroid dienone is 1. The number of hydrogen-bond donors (Lipinski definition) is 3. The van der Waals surface area contributed by atoms with Crippen molar-refractivity contribution in [2.75, 3.05) is 13.2 Å². The van der Waals surface area contributed by atoms with Crippen LogP contribution in [0.3, 0.4) is 0 Å². The molecular formula is C9H16N2O2. The summed E-state index contributed by atoms with van der Waals surface area (Å²) in [5, 5.41) is 18.3. The first-order valence-corrected chi connectivity index (χ1v) is 4.32. The normalized spacial score (nSPS) is 11.0. The number of carbonyl (C=O) groups excluding carboxylic acids is 1. The van der Waals surface area contributed by atoms with Crippen molar-refractivity contribution in [3.05, 3.63) is 11.8 Å². The van der Waals surface area contributed by atoms with Crippen molar-refractivity contribution >= 4 is 12.5 Å². The van der Waals surface area contributed by atoms with E-state index in [1.165, 1.54) is 6.21 Å². The number of hydrogen-bond acceptors (Lipinski definition) is 4. The second-order valence-corrected chi connectivity index (χ2v) is 2.62. The summed E-state index contributed by atoms with van der Waals surface area (Å²) in [5.74, 6) is 0. The average molecular weight is 184 g/mol. The fourth-order valence-electron chi connectivity index (χ4n) is 0.865. The predicted molar refractivity (Wildman–Crippen MR) is 51.9 cm³/mol. The number of nitrogens with one attached hydrogen (secondary N) is 2. The molecule has 0 aromatic rings. The Morgan fingerprint density at radius 2 is 2.23 bits per heavy atom. The highest BCUT2D eigenvalue weighted by molar-refractivity contribution is 5.75. The number of carbonyl (C=O) groups is 1. The minimum absolute atomic E-state index is 0.188. The van der Waals surface area contributed by atoms with E-state index in [0.29, 0.717) is 0 Å². The van der Waals surface area contributed by atoms with Gasteiger partial charge in [0, 0.05) is 19.0 Å². The molecule has 74 valence electrons. The molecule has 0 bridgehead atoms. The van der Waals surface area contributed by atoms with Gasteiger partial charge in [-0.25, -0.2) is 0 Å². The summed E-state index contributed by atoms with van der Waals surface area (Å²) in [6.07, 6.45) is 6.06. The molecule has 0 aliphatic carbocycles. The molecule has 0 unspecified atom stereocenters. The van der Waals surface area contributed by atoms with E-state index in [2.05, 4.69) is 5.32 Å². The zero-order valence-electron chi connectivity index (χ0n) is 7.62. The van der Waals surface area contributed by atoms with Gasteiger partial charge in [-0.1, -0.05) is 0 Å². The molecule has 0 radical (unpaired) electrons. The molecule has 0 aliphatic heterocycles. The van der Waals surface area contributed by atoms with Crippen LogP contribution >= 0.6 is 0 Å². The standard InChI is InChI=1S/C9H16N2O2/c10-7-9(3-1-2-5-12)8-11-4-6-13/h6-8,10-12H,1-5H2/b9-8-,10-7?. The number of aldehydes is 1. The number of aliphatic hydroxyl groups excluding tert-OH is 1. The Kier molecular flexibility index (Phi) is 8.14. The fraction of sp³-hybridized carbons (Fsp3) is 0.556. The molecule has 3 N–H and O–H groups in total. The van der Waals surface area contributed by atoms with Gasteiger partial charge in [0.1, 0.15) is 6.29 Å². The molecule has 0 atom stereocenters. The number of unbranched alkanes of at least 4 members (excludes halogenated alkanes) is 1. The van der Waals surface area contributed by atoms with Gasteiger partial charge in [0.05, 0.1) is 6.54 Å². The molecule has 0 aromatic carbocycles. The van der Waals surface area contributed by atoms with Crippen LogP contribution in [0.2, 0.25) is 0 Å². The first kappa shape index (κ1) is 11.8. The lowest BCUT2D eigenvalue weighted by atomic mass is 10.1. The Morgan fingerprint density at radius 1 is 1.46 bits per heavy atom. The third-order valence-electron chi connectivity index (χ3n) is 1.55. The molecule has 0 heterocycles. The van der Waals surface area contributed by atoms with Crippen LogP contribution in [0.1, 0.15) is 19.3 Å². The molecule has 0 aliphatic rings. The molecule has 0 fully saturated rings. The maximum Gasteiger partial charge on any atom is 0.139 e. The van der Waals surface area contributed by atoms with Crippen LogP contribution in [-0.4, -0.2) is 30.8 Å². The van der Waals surface area contributed by atoms with Crippen molar-refractivity contribution in [3.8, 4) is 0 Å². The largest absolute Gasteiger partial charge is 0.396 e. The van der Waals surface area contributed by atoms with Gasteiger partial charge in [-0.3, -0.25) is 0 Å². The van der Waals surface area contributed by atoms with Crippen LogP contribution in [0, 0.1) is 5.41 Å². The number of aliphatic hydroxyl groups is 1. The highest BCUT2D eigenvalue weighted by atomic mass is 16.2. The second kappa shape index (κ2) is 8.93. The summed E-state index contributed by atoms with van der Waals surface area (Å²) in [4.78, 5) is 9.95. The van der Waals surface area contributed by atoms with Gasteiger partial charge in [0.25, 0.3) is 0 Å². The van der Waals surface area contributed by atoms with Crippen LogP contribution in [-0.2, 0) is 4.79 Å². The molecule has 0 spiro atoms. The predicted octanol–water partition coefficient (Wildman–Crippen LogP) is 0.471. The van der Waals surface area contributed by atoms with Crippen molar-refractivity contribution < 1.29 is 9.90 Å². The number of rotatable bonds is 8. The van der Waals surface area contributed by atoms with Crippen molar-refractivity contribution in [1.82, 2.24) is 5.32 Å². The van der Waals surface area contributed by atoms with E-state index in [9.17, 15) is 4.79 Å². The summed E-state index contributed by atoms with van der Waals surface area (Å²) in [6, 6.07) is 0. The summed E-state index contributed by atoms with van der Waals surface area (Å²) < 4.78 is 0. The van der Waals surface area contributed by atoms with Gasteiger partial charge in [0.2, 0.25) is 0 Å². The van der Waals surface area contributed by atoms with Gasteiger partial charge in [-0.05, 0) is 24.8 Å². The van der Waals surface area contributed by atoms with E-state index in [0.717, 1.165) is 31.1 Å². The summed E-state index contributed by atoms with van der Waals surface area (Å²) >= 11 is 0. The van der Waals surface area contributed by atoms with Gasteiger partial charge in [-0.2, -0.15) is 0 Å². The smallest absolute Gasteiger partial charge is 0.139 e. The van der Waals surface area contributed by atoms with Gasteiger partial charge in [-0.15, -0.1) is 0 Å². The lowest BCUT2D eigenvalue weighted by molar-refractivity contribution is -0.107. The van der Waals surface area contributed by atoms with Crippen molar-refractivity contribution in [2.24, 2.45) is 0 Å². The van der Waals surface area contributed by atoms with Crippen LogP contribution in [0.25, 0.3) is 0 Å². The van der Waals surface area contributed by atoms with E-state index >= 15 is 0 Å². The molecule has 4 nitrogen and oxygen atoms in total. The Morgan fingerprint density at radius 3 is 2.77 bits per heavy atom. The Bertz CT molecular complexity index is 178. The highest BCUT2D eigenvalue weighted by Gasteiger charge is 1.92. The molecule has 0 saturated heterocycles. The summed E-state index contributed by atoms with van der Waals surface area (Å²) in [5.41, 5.74) is 0.843. The maximum atomic E-state index is 9.95. The van der Waals surface area contributed by atoms with E-state index < -0.39 is 0 Å². The van der Waals surface area contributed by atoms with Gasteiger partial charge >= 0.3 is 0 Å². The fourth-order valence-corrected chi connectivity index (χ4v) is 0.865. The lowest BCUT2D eigenvalue weighted by Gasteiger charge is -2.00. The zero-order chi connectivity index (χ0) is 9.94. The van der Waals surface area contributed by atoms with E-state index in [1.807, 2.05) is 0 Å². The Hall–Kier alpha value is -1.16. The Balaban J connectivity index is 3.66. The van der Waals surface area contributed by atoms with Crippen LogP contribution < -0.4 is 5.32 Å².